The number of carbonyl (C=O) groups is 1. The molecule has 1 aliphatic carbocycles. The van der Waals surface area contributed by atoms with E-state index in [1.165, 1.54) is 0 Å². The quantitative estimate of drug-likeness (QED) is 0.688. The van der Waals surface area contributed by atoms with Crippen molar-refractivity contribution >= 4 is 5.97 Å². The molecule has 4 aliphatic rings. The Kier molecular flexibility index (Phi) is 1.48. The molecule has 1 aromatic rings. The van der Waals surface area contributed by atoms with Crippen molar-refractivity contribution in [3.8, 4) is 17.2 Å². The van der Waals surface area contributed by atoms with E-state index in [1.54, 1.807) is 6.92 Å². The number of ether oxygens (including phenoxy) is 3. The van der Waals surface area contributed by atoms with E-state index in [-0.39, 0.29) is 24.6 Å². The maximum atomic E-state index is 11.8. The Morgan fingerprint density at radius 2 is 2.10 bits per heavy atom. The van der Waals surface area contributed by atoms with Gasteiger partial charge in [-0.25, -0.2) is 4.79 Å². The van der Waals surface area contributed by atoms with E-state index >= 15 is 0 Å². The molecule has 2 bridgehead atoms. The molecule has 3 aliphatic heterocycles. The first-order chi connectivity index (χ1) is 9.49. The van der Waals surface area contributed by atoms with Crippen molar-refractivity contribution in [3.63, 3.8) is 0 Å². The lowest BCUT2D eigenvalue weighted by Gasteiger charge is -2.51. The predicted molar refractivity (Wildman–Crippen MR) is 65.6 cm³/mol. The second kappa shape index (κ2) is 2.74. The number of esters is 1. The summed E-state index contributed by atoms with van der Waals surface area (Å²) in [4.78, 5) is 11.8. The molecule has 2 fully saturated rings. The highest BCUT2D eigenvalue weighted by atomic mass is 16.7. The van der Waals surface area contributed by atoms with Crippen LogP contribution in [0.15, 0.2) is 0 Å². The molecule has 0 unspecified atom stereocenters. The summed E-state index contributed by atoms with van der Waals surface area (Å²) in [5, 5.41) is 13.9. The Labute approximate surface area is 114 Å². The average Bonchev–Trinajstić information content (AvgIpc) is 3.05. The molecule has 1 spiro atoms. The fourth-order valence-electron chi connectivity index (χ4n) is 4.20. The Bertz CT molecular complexity index is 714. The third kappa shape index (κ3) is 0.785. The summed E-state index contributed by atoms with van der Waals surface area (Å²) >= 11 is 0. The van der Waals surface area contributed by atoms with Crippen LogP contribution in [-0.2, 0) is 15.1 Å². The van der Waals surface area contributed by atoms with E-state index in [0.29, 0.717) is 29.0 Å². The first-order valence-corrected chi connectivity index (χ1v) is 6.66. The molecule has 20 heavy (non-hydrogen) atoms. The number of aromatic hydroxyl groups is 1. The summed E-state index contributed by atoms with van der Waals surface area (Å²) < 4.78 is 16.5. The van der Waals surface area contributed by atoms with Crippen LogP contribution >= 0.6 is 0 Å². The van der Waals surface area contributed by atoms with Crippen molar-refractivity contribution < 1.29 is 24.1 Å². The summed E-state index contributed by atoms with van der Waals surface area (Å²) in [5.74, 6) is 1.17. The van der Waals surface area contributed by atoms with Gasteiger partial charge in [0.25, 0.3) is 0 Å². The Hall–Kier alpha value is -1.95. The number of carbonyl (C=O) groups excluding carboxylic acids is 1. The number of hydrogen-bond acceptors (Lipinski definition) is 6. The van der Waals surface area contributed by atoms with Crippen molar-refractivity contribution in [2.75, 3.05) is 6.79 Å². The topological polar surface area (TPSA) is 77.0 Å². The molecule has 0 radical (unpaired) electrons. The van der Waals surface area contributed by atoms with Gasteiger partial charge in [0.05, 0.1) is 0 Å². The summed E-state index contributed by atoms with van der Waals surface area (Å²) in [6, 6.07) is -0.0524. The number of phenols is 1. The highest BCUT2D eigenvalue weighted by Crippen LogP contribution is 2.69. The average molecular weight is 275 g/mol. The number of benzene rings is 1. The molecule has 2 saturated heterocycles. The maximum absolute atomic E-state index is 11.8. The van der Waals surface area contributed by atoms with Crippen LogP contribution in [0.25, 0.3) is 0 Å². The zero-order valence-electron chi connectivity index (χ0n) is 11.1. The van der Waals surface area contributed by atoms with Crippen LogP contribution in [0.1, 0.15) is 36.1 Å². The lowest BCUT2D eigenvalue weighted by atomic mass is 9.72. The van der Waals surface area contributed by atoms with Crippen molar-refractivity contribution in [3.05, 3.63) is 16.7 Å². The van der Waals surface area contributed by atoms with Crippen LogP contribution in [0.2, 0.25) is 0 Å². The molecule has 0 amide bonds. The molecule has 2 N–H and O–H groups in total. The zero-order chi connectivity index (χ0) is 13.9. The van der Waals surface area contributed by atoms with Crippen LogP contribution in [0.3, 0.4) is 0 Å². The molecule has 0 aromatic heterocycles. The molecule has 6 heteroatoms. The van der Waals surface area contributed by atoms with Gasteiger partial charge in [-0.1, -0.05) is 0 Å². The second-order valence-electron chi connectivity index (χ2n) is 6.07. The summed E-state index contributed by atoms with van der Waals surface area (Å²) in [5.41, 5.74) is 0.710. The minimum absolute atomic E-state index is 0.0524. The van der Waals surface area contributed by atoms with Gasteiger partial charge in [-0.05, 0) is 13.8 Å². The minimum atomic E-state index is -0.764. The fraction of sp³-hybridized carbons (Fsp3) is 0.500. The lowest BCUT2D eigenvalue weighted by Crippen LogP contribution is -2.71. The second-order valence-corrected chi connectivity index (χ2v) is 6.07. The van der Waals surface area contributed by atoms with Gasteiger partial charge in [0.1, 0.15) is 5.75 Å². The van der Waals surface area contributed by atoms with Crippen molar-refractivity contribution in [1.29, 1.82) is 0 Å². The van der Waals surface area contributed by atoms with Crippen LogP contribution in [0.4, 0.5) is 0 Å². The van der Waals surface area contributed by atoms with Crippen LogP contribution in [0.5, 0.6) is 17.2 Å². The van der Waals surface area contributed by atoms with Gasteiger partial charge in [-0.2, -0.15) is 0 Å². The molecule has 6 nitrogen and oxygen atoms in total. The van der Waals surface area contributed by atoms with Gasteiger partial charge >= 0.3 is 5.97 Å². The Balaban J connectivity index is 1.87. The Morgan fingerprint density at radius 3 is 2.85 bits per heavy atom. The lowest BCUT2D eigenvalue weighted by molar-refractivity contribution is -0.216. The third-order valence-corrected chi connectivity index (χ3v) is 5.25. The first kappa shape index (κ1) is 10.8. The highest BCUT2D eigenvalue weighted by Gasteiger charge is 2.77. The monoisotopic (exact) mass is 275 g/mol. The summed E-state index contributed by atoms with van der Waals surface area (Å²) in [6.45, 7) is 3.78. The van der Waals surface area contributed by atoms with Crippen molar-refractivity contribution in [1.82, 2.24) is 5.32 Å². The standard InChI is InChI=1S/C14H13NO5/c1-5-9(16)8-7(11-10(5)18-4-19-11)6-3-14(8)13(2,15-6)12(17)20-14/h6,15-16H,3-4H2,1-2H3/t6-,13+,14-/m0/s1. The third-order valence-electron chi connectivity index (χ3n) is 5.25. The number of nitrogens with one attached hydrogen (secondary N) is 1. The van der Waals surface area contributed by atoms with Crippen LogP contribution in [-0.4, -0.2) is 23.4 Å². The van der Waals surface area contributed by atoms with E-state index in [0.717, 1.165) is 5.56 Å². The van der Waals surface area contributed by atoms with Gasteiger partial charge in [0.2, 0.25) is 6.79 Å². The van der Waals surface area contributed by atoms with Gasteiger partial charge in [-0.3, -0.25) is 5.32 Å². The first-order valence-electron chi connectivity index (χ1n) is 6.66. The molecule has 0 saturated carbocycles. The smallest absolute Gasteiger partial charge is 0.331 e. The molecule has 1 aromatic carbocycles. The molecule has 104 valence electrons. The van der Waals surface area contributed by atoms with Crippen molar-refractivity contribution in [2.45, 2.75) is 37.5 Å². The fourth-order valence-corrected chi connectivity index (χ4v) is 4.20. The van der Waals surface area contributed by atoms with Gasteiger partial charge < -0.3 is 19.3 Å². The molecule has 5 rings (SSSR count). The van der Waals surface area contributed by atoms with Crippen molar-refractivity contribution in [2.24, 2.45) is 0 Å². The number of hydrogen-bond donors (Lipinski definition) is 2. The zero-order valence-corrected chi connectivity index (χ0v) is 11.1. The van der Waals surface area contributed by atoms with E-state index < -0.39 is 11.1 Å². The van der Waals surface area contributed by atoms with Gasteiger partial charge in [0, 0.05) is 29.2 Å². The maximum Gasteiger partial charge on any atom is 0.331 e. The Morgan fingerprint density at radius 1 is 1.35 bits per heavy atom. The summed E-state index contributed by atoms with van der Waals surface area (Å²) in [7, 11) is 0. The van der Waals surface area contributed by atoms with Gasteiger partial charge in [0.15, 0.2) is 22.6 Å². The van der Waals surface area contributed by atoms with Crippen LogP contribution in [0, 0.1) is 6.92 Å². The van der Waals surface area contributed by atoms with E-state index in [9.17, 15) is 9.90 Å². The van der Waals surface area contributed by atoms with Gasteiger partial charge in [-0.15, -0.1) is 0 Å². The molecule has 3 heterocycles. The van der Waals surface area contributed by atoms with Crippen LogP contribution < -0.4 is 14.8 Å². The minimum Gasteiger partial charge on any atom is -0.507 e. The van der Waals surface area contributed by atoms with E-state index in [2.05, 4.69) is 5.32 Å². The molecular formula is C14H13NO5. The number of rotatable bonds is 0. The normalized spacial score (nSPS) is 38.3. The van der Waals surface area contributed by atoms with E-state index in [1.807, 2.05) is 6.92 Å². The number of fused-ring (bicyclic) bond motifs is 5. The predicted octanol–water partition coefficient (Wildman–Crippen LogP) is 0.988. The van der Waals surface area contributed by atoms with E-state index in [4.69, 9.17) is 14.2 Å². The summed E-state index contributed by atoms with van der Waals surface area (Å²) in [6.07, 6.45) is 0.636. The SMILES string of the molecule is Cc1c(O)c2c(c3c1OCO3)[C@@H]1C[C@]23OC(=O)[C@@]3(C)N1. The molecule has 3 atom stereocenters. The largest absolute Gasteiger partial charge is 0.507 e. The number of phenolic OH excluding ortho intramolecular Hbond substituents is 1. The molecular weight excluding hydrogens is 262 g/mol. The highest BCUT2D eigenvalue weighted by molar-refractivity contribution is 5.93.